The number of ether oxygens (including phenoxy) is 2. The monoisotopic (exact) mass is 301 g/mol. The SMILES string of the molecule is COc1cc2c(cc1OC)CN(C(=O)c1[nH]ncc1C)CC2. The van der Waals surface area contributed by atoms with E-state index in [-0.39, 0.29) is 5.91 Å². The second-order valence-electron chi connectivity index (χ2n) is 5.38. The molecule has 0 saturated heterocycles. The summed E-state index contributed by atoms with van der Waals surface area (Å²) in [6.45, 7) is 3.12. The summed E-state index contributed by atoms with van der Waals surface area (Å²) in [6, 6.07) is 3.95. The van der Waals surface area contributed by atoms with E-state index < -0.39 is 0 Å². The first-order valence-corrected chi connectivity index (χ1v) is 7.17. The molecule has 1 aromatic carbocycles. The lowest BCUT2D eigenvalue weighted by Crippen LogP contribution is -2.36. The highest BCUT2D eigenvalue weighted by Crippen LogP contribution is 2.33. The number of aromatic amines is 1. The third-order valence-electron chi connectivity index (χ3n) is 4.05. The van der Waals surface area contributed by atoms with Crippen LogP contribution in [0.4, 0.5) is 0 Å². The minimum absolute atomic E-state index is 0.0181. The molecular weight excluding hydrogens is 282 g/mol. The largest absolute Gasteiger partial charge is 0.493 e. The van der Waals surface area contributed by atoms with Gasteiger partial charge in [-0.25, -0.2) is 0 Å². The van der Waals surface area contributed by atoms with Crippen molar-refractivity contribution in [3.8, 4) is 11.5 Å². The fourth-order valence-electron chi connectivity index (χ4n) is 2.78. The highest BCUT2D eigenvalue weighted by atomic mass is 16.5. The Kier molecular flexibility index (Phi) is 3.75. The van der Waals surface area contributed by atoms with E-state index in [2.05, 4.69) is 10.2 Å². The van der Waals surface area contributed by atoms with Gasteiger partial charge in [0.15, 0.2) is 11.5 Å². The predicted molar refractivity (Wildman–Crippen MR) is 81.3 cm³/mol. The van der Waals surface area contributed by atoms with E-state index in [1.807, 2.05) is 24.0 Å². The second-order valence-corrected chi connectivity index (χ2v) is 5.38. The van der Waals surface area contributed by atoms with Gasteiger partial charge in [0.2, 0.25) is 0 Å². The van der Waals surface area contributed by atoms with Crippen molar-refractivity contribution in [3.05, 3.63) is 40.7 Å². The van der Waals surface area contributed by atoms with Crippen molar-refractivity contribution < 1.29 is 14.3 Å². The molecule has 116 valence electrons. The van der Waals surface area contributed by atoms with Gasteiger partial charge in [0.05, 0.1) is 20.4 Å². The number of carbonyl (C=O) groups is 1. The van der Waals surface area contributed by atoms with Crippen molar-refractivity contribution >= 4 is 5.91 Å². The number of aromatic nitrogens is 2. The van der Waals surface area contributed by atoms with E-state index in [1.165, 1.54) is 5.56 Å². The molecule has 1 aliphatic heterocycles. The summed E-state index contributed by atoms with van der Waals surface area (Å²) in [7, 11) is 3.24. The van der Waals surface area contributed by atoms with Gasteiger partial charge in [0.1, 0.15) is 5.69 Å². The highest BCUT2D eigenvalue weighted by molar-refractivity contribution is 5.93. The Morgan fingerprint density at radius 1 is 1.23 bits per heavy atom. The van der Waals surface area contributed by atoms with Crippen molar-refractivity contribution in [2.24, 2.45) is 0 Å². The fraction of sp³-hybridized carbons (Fsp3) is 0.375. The van der Waals surface area contributed by atoms with E-state index in [9.17, 15) is 4.79 Å². The quantitative estimate of drug-likeness (QED) is 0.940. The Bertz CT molecular complexity index is 709. The molecule has 0 unspecified atom stereocenters. The highest BCUT2D eigenvalue weighted by Gasteiger charge is 2.25. The molecule has 0 radical (unpaired) electrons. The number of amides is 1. The third-order valence-corrected chi connectivity index (χ3v) is 4.05. The van der Waals surface area contributed by atoms with Crippen LogP contribution < -0.4 is 9.47 Å². The summed E-state index contributed by atoms with van der Waals surface area (Å²) in [6.07, 6.45) is 2.47. The average molecular weight is 301 g/mol. The van der Waals surface area contributed by atoms with E-state index in [4.69, 9.17) is 9.47 Å². The summed E-state index contributed by atoms with van der Waals surface area (Å²) in [5, 5.41) is 6.70. The number of hydrogen-bond acceptors (Lipinski definition) is 4. The van der Waals surface area contributed by atoms with Gasteiger partial charge in [-0.05, 0) is 42.2 Å². The zero-order chi connectivity index (χ0) is 15.7. The number of benzene rings is 1. The molecule has 0 fully saturated rings. The lowest BCUT2D eigenvalue weighted by atomic mass is 9.98. The first-order valence-electron chi connectivity index (χ1n) is 7.17. The summed E-state index contributed by atoms with van der Waals surface area (Å²) in [5.41, 5.74) is 3.71. The summed E-state index contributed by atoms with van der Waals surface area (Å²) in [4.78, 5) is 14.4. The fourth-order valence-corrected chi connectivity index (χ4v) is 2.78. The zero-order valence-corrected chi connectivity index (χ0v) is 13.0. The van der Waals surface area contributed by atoms with E-state index in [0.717, 1.165) is 23.3 Å². The van der Waals surface area contributed by atoms with Crippen LogP contribution in [-0.4, -0.2) is 41.8 Å². The topological polar surface area (TPSA) is 67.5 Å². The van der Waals surface area contributed by atoms with E-state index in [1.54, 1.807) is 20.4 Å². The van der Waals surface area contributed by atoms with Gasteiger partial charge in [-0.3, -0.25) is 9.89 Å². The third kappa shape index (κ3) is 2.41. The molecule has 1 aromatic heterocycles. The van der Waals surface area contributed by atoms with Crippen molar-refractivity contribution in [1.82, 2.24) is 15.1 Å². The first kappa shape index (κ1) is 14.4. The molecule has 0 aliphatic carbocycles. The minimum Gasteiger partial charge on any atom is -0.493 e. The van der Waals surface area contributed by atoms with Crippen LogP contribution in [0.2, 0.25) is 0 Å². The number of rotatable bonds is 3. The molecule has 0 bridgehead atoms. The van der Waals surface area contributed by atoms with Crippen LogP contribution in [0.5, 0.6) is 11.5 Å². The molecular formula is C16H19N3O3. The van der Waals surface area contributed by atoms with Crippen LogP contribution in [0.25, 0.3) is 0 Å². The average Bonchev–Trinajstić information content (AvgIpc) is 2.98. The Labute approximate surface area is 129 Å². The lowest BCUT2D eigenvalue weighted by molar-refractivity contribution is 0.0727. The number of carbonyl (C=O) groups excluding carboxylic acids is 1. The molecule has 6 nitrogen and oxygen atoms in total. The summed E-state index contributed by atoms with van der Waals surface area (Å²) in [5.74, 6) is 1.40. The van der Waals surface area contributed by atoms with Gasteiger partial charge in [-0.2, -0.15) is 5.10 Å². The Hall–Kier alpha value is -2.50. The molecule has 2 aromatic rings. The van der Waals surface area contributed by atoms with E-state index in [0.29, 0.717) is 24.5 Å². The number of nitrogens with zero attached hydrogens (tertiary/aromatic N) is 2. The molecule has 1 amide bonds. The Morgan fingerprint density at radius 2 is 1.91 bits per heavy atom. The normalized spacial score (nSPS) is 13.7. The van der Waals surface area contributed by atoms with E-state index >= 15 is 0 Å². The lowest BCUT2D eigenvalue weighted by Gasteiger charge is -2.29. The molecule has 3 rings (SSSR count). The number of fused-ring (bicyclic) bond motifs is 1. The summed E-state index contributed by atoms with van der Waals surface area (Å²) >= 11 is 0. The zero-order valence-electron chi connectivity index (χ0n) is 13.0. The van der Waals surface area contributed by atoms with Crippen molar-refractivity contribution in [2.75, 3.05) is 20.8 Å². The summed E-state index contributed by atoms with van der Waals surface area (Å²) < 4.78 is 10.7. The Balaban J connectivity index is 1.87. The van der Waals surface area contributed by atoms with Crippen LogP contribution >= 0.6 is 0 Å². The Morgan fingerprint density at radius 3 is 2.50 bits per heavy atom. The van der Waals surface area contributed by atoms with Gasteiger partial charge >= 0.3 is 0 Å². The maximum absolute atomic E-state index is 12.6. The van der Waals surface area contributed by atoms with Gasteiger partial charge in [-0.1, -0.05) is 0 Å². The van der Waals surface area contributed by atoms with Gasteiger partial charge in [0, 0.05) is 13.1 Å². The van der Waals surface area contributed by atoms with Gasteiger partial charge in [0.25, 0.3) is 5.91 Å². The molecule has 0 spiro atoms. The van der Waals surface area contributed by atoms with Crippen LogP contribution in [0.3, 0.4) is 0 Å². The number of methoxy groups -OCH3 is 2. The molecule has 2 heterocycles. The first-order chi connectivity index (χ1) is 10.6. The van der Waals surface area contributed by atoms with Crippen LogP contribution in [0.1, 0.15) is 27.2 Å². The number of nitrogens with one attached hydrogen (secondary N) is 1. The minimum atomic E-state index is -0.0181. The standard InChI is InChI=1S/C16H19N3O3/c1-10-8-17-18-15(10)16(20)19-5-4-11-6-13(21-2)14(22-3)7-12(11)9-19/h6-8H,4-5,9H2,1-3H3,(H,17,18). The second kappa shape index (κ2) is 5.71. The van der Waals surface area contributed by atoms with Crippen molar-refractivity contribution in [2.45, 2.75) is 19.9 Å². The predicted octanol–water partition coefficient (Wildman–Crippen LogP) is 1.93. The molecule has 0 saturated carbocycles. The molecule has 1 N–H and O–H groups in total. The smallest absolute Gasteiger partial charge is 0.272 e. The van der Waals surface area contributed by atoms with Crippen LogP contribution in [0, 0.1) is 6.92 Å². The molecule has 22 heavy (non-hydrogen) atoms. The van der Waals surface area contributed by atoms with Crippen LogP contribution in [0.15, 0.2) is 18.3 Å². The van der Waals surface area contributed by atoms with Crippen molar-refractivity contribution in [1.29, 1.82) is 0 Å². The molecule has 1 aliphatic rings. The number of aryl methyl sites for hydroxylation is 1. The van der Waals surface area contributed by atoms with Crippen molar-refractivity contribution in [3.63, 3.8) is 0 Å². The maximum Gasteiger partial charge on any atom is 0.272 e. The van der Waals surface area contributed by atoms with Gasteiger partial charge in [-0.15, -0.1) is 0 Å². The maximum atomic E-state index is 12.6. The number of H-pyrrole nitrogens is 1. The number of hydrogen-bond donors (Lipinski definition) is 1. The molecule has 0 atom stereocenters. The van der Waals surface area contributed by atoms with Gasteiger partial charge < -0.3 is 14.4 Å². The molecule has 6 heteroatoms. The van der Waals surface area contributed by atoms with Crippen LogP contribution in [-0.2, 0) is 13.0 Å².